The van der Waals surface area contributed by atoms with Gasteiger partial charge < -0.3 is 9.80 Å². The molecule has 0 heterocycles. The summed E-state index contributed by atoms with van der Waals surface area (Å²) >= 11 is 8.27. The highest BCUT2D eigenvalue weighted by atomic mass is 79.9. The molecule has 0 aliphatic rings. The van der Waals surface area contributed by atoms with E-state index >= 15 is 0 Å². The molecule has 0 atom stereocenters. The third-order valence-electron chi connectivity index (χ3n) is 13.2. The van der Waals surface area contributed by atoms with Crippen LogP contribution in [0.1, 0.15) is 0 Å². The molecule has 12 rings (SSSR count). The Morgan fingerprint density at radius 2 is 0.441 bits per heavy atom. The first-order chi connectivity index (χ1) is 33.6. The van der Waals surface area contributed by atoms with E-state index in [2.05, 4.69) is 296 Å². The summed E-state index contributed by atoms with van der Waals surface area (Å²) in [4.78, 5) is 4.82. The van der Waals surface area contributed by atoms with Crippen molar-refractivity contribution in [1.29, 1.82) is 0 Å². The minimum atomic E-state index is 1.03. The van der Waals surface area contributed by atoms with E-state index in [0.29, 0.717) is 0 Å². The Morgan fingerprint density at radius 1 is 0.221 bits per heavy atom. The Balaban J connectivity index is 1.06. The van der Waals surface area contributed by atoms with E-state index < -0.39 is 0 Å². The molecule has 68 heavy (non-hydrogen) atoms. The largest absolute Gasteiger partial charge is 0.310 e. The average Bonchev–Trinajstić information content (AvgIpc) is 3.41. The highest BCUT2D eigenvalue weighted by Crippen LogP contribution is 2.51. The first-order valence-corrected chi connectivity index (χ1v) is 24.5. The van der Waals surface area contributed by atoms with Crippen molar-refractivity contribution in [3.05, 3.63) is 264 Å². The van der Waals surface area contributed by atoms with Crippen LogP contribution in [-0.4, -0.2) is 0 Å². The quantitative estimate of drug-likeness (QED) is 0.126. The van der Waals surface area contributed by atoms with E-state index in [1.165, 1.54) is 55.3 Å². The minimum absolute atomic E-state index is 1.03. The summed E-state index contributed by atoms with van der Waals surface area (Å²) in [6.07, 6.45) is 0. The molecule has 0 unspecified atom stereocenters. The van der Waals surface area contributed by atoms with Gasteiger partial charge in [-0.25, -0.2) is 0 Å². The van der Waals surface area contributed by atoms with Crippen molar-refractivity contribution in [2.24, 2.45) is 0 Å². The number of nitrogens with zero attached hydrogens (tertiary/aromatic N) is 2. The lowest BCUT2D eigenvalue weighted by Crippen LogP contribution is -2.12. The van der Waals surface area contributed by atoms with E-state index in [1.54, 1.807) is 0 Å². The van der Waals surface area contributed by atoms with Crippen molar-refractivity contribution in [3.63, 3.8) is 0 Å². The molecule has 0 aliphatic carbocycles. The lowest BCUT2D eigenvalue weighted by Gasteiger charge is -2.30. The Bertz CT molecular complexity index is 3280. The fourth-order valence-electron chi connectivity index (χ4n) is 9.83. The lowest BCUT2D eigenvalue weighted by molar-refractivity contribution is 1.29. The number of halogens is 2. The Hall–Kier alpha value is -7.76. The molecule has 12 aromatic rings. The summed E-state index contributed by atoms with van der Waals surface area (Å²) in [5.41, 5.74) is 16.0. The second-order valence-electron chi connectivity index (χ2n) is 17.1. The third-order valence-corrected chi connectivity index (χ3v) is 14.5. The van der Waals surface area contributed by atoms with Gasteiger partial charge in [0, 0.05) is 53.2 Å². The van der Waals surface area contributed by atoms with E-state index in [4.69, 9.17) is 0 Å². The Morgan fingerprint density at radius 3 is 0.691 bits per heavy atom. The van der Waals surface area contributed by atoms with Crippen molar-refractivity contribution >= 4 is 98.3 Å². The Kier molecular flexibility index (Phi) is 10.9. The summed E-state index contributed by atoms with van der Waals surface area (Å²) in [6, 6.07) is 92.0. The average molecular weight is 999 g/mol. The summed E-state index contributed by atoms with van der Waals surface area (Å²) in [5.74, 6) is 0. The van der Waals surface area contributed by atoms with Gasteiger partial charge in [0.25, 0.3) is 0 Å². The van der Waals surface area contributed by atoms with Crippen molar-refractivity contribution in [3.8, 4) is 44.5 Å². The van der Waals surface area contributed by atoms with E-state index in [1.807, 2.05) is 0 Å². The number of hydrogen-bond donors (Lipinski definition) is 0. The second-order valence-corrected chi connectivity index (χ2v) is 18.9. The molecule has 0 fully saturated rings. The standard InChI is InChI=1S/C64H42Br2N2/c65-59-41-61(67(51-29-21-47(22-30-51)43-13-5-1-6-14-43)52-31-23-48(24-32-52)44-15-7-2-8-16-44)57-39-37-56-60(66)42-62(58-40-38-55(59)63(57)64(56)58)68(53-33-25-49(26-34-53)45-17-9-3-10-18-45)54-35-27-50(28-36-54)46-19-11-4-12-20-46/h1-42H. The first kappa shape index (κ1) is 41.7. The lowest BCUT2D eigenvalue weighted by atomic mass is 9.91. The van der Waals surface area contributed by atoms with E-state index in [9.17, 15) is 0 Å². The van der Waals surface area contributed by atoms with Gasteiger partial charge in [0.2, 0.25) is 0 Å². The van der Waals surface area contributed by atoms with Crippen LogP contribution < -0.4 is 9.80 Å². The monoisotopic (exact) mass is 996 g/mol. The zero-order valence-electron chi connectivity index (χ0n) is 36.9. The van der Waals surface area contributed by atoms with Crippen LogP contribution in [0.15, 0.2) is 264 Å². The van der Waals surface area contributed by atoms with Crippen LogP contribution in [0.4, 0.5) is 34.1 Å². The predicted molar refractivity (Wildman–Crippen MR) is 297 cm³/mol. The fourth-order valence-corrected chi connectivity index (χ4v) is 10.9. The van der Waals surface area contributed by atoms with Crippen LogP contribution in [0, 0.1) is 0 Å². The van der Waals surface area contributed by atoms with Crippen LogP contribution in [0.2, 0.25) is 0 Å². The van der Waals surface area contributed by atoms with Gasteiger partial charge >= 0.3 is 0 Å². The molecular formula is C64H42Br2N2. The van der Waals surface area contributed by atoms with Gasteiger partial charge in [-0.05, 0) is 116 Å². The molecule has 0 spiro atoms. The van der Waals surface area contributed by atoms with Crippen molar-refractivity contribution in [2.75, 3.05) is 9.80 Å². The molecule has 0 N–H and O–H groups in total. The van der Waals surface area contributed by atoms with E-state index in [-0.39, 0.29) is 0 Å². The number of hydrogen-bond acceptors (Lipinski definition) is 2. The van der Waals surface area contributed by atoms with Crippen LogP contribution >= 0.6 is 31.9 Å². The van der Waals surface area contributed by atoms with Gasteiger partial charge in [-0.3, -0.25) is 0 Å². The number of benzene rings is 12. The van der Waals surface area contributed by atoms with Crippen LogP contribution in [0.3, 0.4) is 0 Å². The molecule has 2 nitrogen and oxygen atoms in total. The smallest absolute Gasteiger partial charge is 0.0551 e. The zero-order chi connectivity index (χ0) is 45.6. The first-order valence-electron chi connectivity index (χ1n) is 22.9. The number of anilines is 6. The van der Waals surface area contributed by atoms with Crippen molar-refractivity contribution in [2.45, 2.75) is 0 Å². The highest BCUT2D eigenvalue weighted by molar-refractivity contribution is 9.11. The summed E-state index contributed by atoms with van der Waals surface area (Å²) < 4.78 is 2.07. The minimum Gasteiger partial charge on any atom is -0.310 e. The molecule has 12 aromatic carbocycles. The third kappa shape index (κ3) is 7.62. The molecular weight excluding hydrogens is 957 g/mol. The zero-order valence-corrected chi connectivity index (χ0v) is 40.1. The van der Waals surface area contributed by atoms with Crippen molar-refractivity contribution < 1.29 is 0 Å². The highest BCUT2D eigenvalue weighted by Gasteiger charge is 2.25. The van der Waals surface area contributed by atoms with Gasteiger partial charge in [-0.15, -0.1) is 0 Å². The Labute approximate surface area is 413 Å². The SMILES string of the molecule is Brc1cc(N(c2ccc(-c3ccccc3)cc2)c2ccc(-c3ccccc3)cc2)c2ccc3c(Br)cc(N(c4ccc(-c5ccccc5)cc4)c4ccc(-c5ccccc5)cc4)c4ccc1c2c34. The van der Waals surface area contributed by atoms with Crippen LogP contribution in [0.25, 0.3) is 76.8 Å². The summed E-state index contributed by atoms with van der Waals surface area (Å²) in [5, 5.41) is 7.06. The van der Waals surface area contributed by atoms with Crippen LogP contribution in [0.5, 0.6) is 0 Å². The maximum absolute atomic E-state index is 4.13. The van der Waals surface area contributed by atoms with Crippen LogP contribution in [-0.2, 0) is 0 Å². The van der Waals surface area contributed by atoms with Gasteiger partial charge in [0.15, 0.2) is 0 Å². The van der Waals surface area contributed by atoms with Gasteiger partial charge in [0.05, 0.1) is 11.4 Å². The van der Waals surface area contributed by atoms with E-state index in [0.717, 1.165) is 64.6 Å². The van der Waals surface area contributed by atoms with Gasteiger partial charge in [0.1, 0.15) is 0 Å². The molecule has 0 saturated heterocycles. The molecule has 0 saturated carbocycles. The molecule has 0 amide bonds. The molecule has 322 valence electrons. The second kappa shape index (κ2) is 17.8. The van der Waals surface area contributed by atoms with Gasteiger partial charge in [-0.2, -0.15) is 0 Å². The summed E-state index contributed by atoms with van der Waals surface area (Å²) in [6.45, 7) is 0. The normalized spacial score (nSPS) is 11.4. The van der Waals surface area contributed by atoms with Gasteiger partial charge in [-0.1, -0.05) is 226 Å². The molecule has 4 heteroatoms. The van der Waals surface area contributed by atoms with Crippen molar-refractivity contribution in [1.82, 2.24) is 0 Å². The summed E-state index contributed by atoms with van der Waals surface area (Å²) in [7, 11) is 0. The molecule has 0 bridgehead atoms. The maximum atomic E-state index is 4.13. The maximum Gasteiger partial charge on any atom is 0.0551 e. The molecule has 0 aromatic heterocycles. The number of rotatable bonds is 10. The molecule has 0 radical (unpaired) electrons. The molecule has 0 aliphatic heterocycles. The predicted octanol–water partition coefficient (Wildman–Crippen LogP) is 19.7. The topological polar surface area (TPSA) is 6.48 Å². The fraction of sp³-hybridized carbons (Fsp3) is 0.